The third kappa shape index (κ3) is 3.21. The molecule has 0 spiro atoms. The lowest BCUT2D eigenvalue weighted by Crippen LogP contribution is -2.31. The van der Waals surface area contributed by atoms with Gasteiger partial charge in [-0.25, -0.2) is 0 Å². The van der Waals surface area contributed by atoms with Crippen LogP contribution in [0, 0.1) is 26.2 Å². The average molecular weight is 325 g/mol. The molecule has 80 valence electrons. The van der Waals surface area contributed by atoms with Gasteiger partial charge in [-0.2, -0.15) is 10.5 Å². The molecule has 0 saturated heterocycles. The fourth-order valence-corrected chi connectivity index (χ4v) is 1.72. The molecular weight excluding hydrogens is 317 g/mol. The van der Waals surface area contributed by atoms with E-state index in [0.29, 0.717) is 5.56 Å². The highest BCUT2D eigenvalue weighted by Crippen LogP contribution is 2.10. The number of hydrogen-bond acceptors (Lipinski definition) is 3. The van der Waals surface area contributed by atoms with Crippen LogP contribution in [0.4, 0.5) is 0 Å². The molecule has 0 N–H and O–H groups in total. The smallest absolute Gasteiger partial charge is 0.255 e. The molecule has 0 aliphatic heterocycles. The Balaban J connectivity index is 2.91. The van der Waals surface area contributed by atoms with Gasteiger partial charge in [0.2, 0.25) is 0 Å². The van der Waals surface area contributed by atoms with E-state index in [1.54, 1.807) is 18.2 Å². The number of nitrogens with zero attached hydrogens (tertiary/aromatic N) is 3. The highest BCUT2D eigenvalue weighted by molar-refractivity contribution is 14.1. The first kappa shape index (κ1) is 12.5. The second-order valence-corrected chi connectivity index (χ2v) is 4.23. The first-order valence-corrected chi connectivity index (χ1v) is 5.55. The van der Waals surface area contributed by atoms with E-state index in [9.17, 15) is 4.79 Å². The van der Waals surface area contributed by atoms with E-state index < -0.39 is 0 Å². The number of nitriles is 2. The zero-order chi connectivity index (χ0) is 12.0. The Kier molecular flexibility index (Phi) is 4.74. The van der Waals surface area contributed by atoms with Crippen molar-refractivity contribution in [1.82, 2.24) is 4.90 Å². The van der Waals surface area contributed by atoms with E-state index in [1.165, 1.54) is 4.90 Å². The summed E-state index contributed by atoms with van der Waals surface area (Å²) in [6, 6.07) is 10.8. The quantitative estimate of drug-likeness (QED) is 0.628. The lowest BCUT2D eigenvalue weighted by molar-refractivity contribution is 0.0794. The lowest BCUT2D eigenvalue weighted by Gasteiger charge is -2.15. The van der Waals surface area contributed by atoms with Crippen molar-refractivity contribution in [1.29, 1.82) is 10.5 Å². The summed E-state index contributed by atoms with van der Waals surface area (Å²) in [5.74, 6) is -0.290. The molecule has 5 heteroatoms. The highest BCUT2D eigenvalue weighted by Gasteiger charge is 2.14. The Bertz CT molecular complexity index is 457. The van der Waals surface area contributed by atoms with E-state index in [4.69, 9.17) is 10.5 Å². The fourth-order valence-electron chi connectivity index (χ4n) is 1.17. The van der Waals surface area contributed by atoms with Crippen LogP contribution in [0.3, 0.4) is 0 Å². The average Bonchev–Trinajstić information content (AvgIpc) is 2.28. The lowest BCUT2D eigenvalue weighted by atomic mass is 10.2. The summed E-state index contributed by atoms with van der Waals surface area (Å²) in [6.07, 6.45) is 0. The van der Waals surface area contributed by atoms with E-state index >= 15 is 0 Å². The molecular formula is C11H8IN3O. The van der Waals surface area contributed by atoms with Crippen molar-refractivity contribution in [2.75, 3.05) is 13.1 Å². The van der Waals surface area contributed by atoms with E-state index in [1.807, 2.05) is 18.2 Å². The summed E-state index contributed by atoms with van der Waals surface area (Å²) < 4.78 is 0.942. The van der Waals surface area contributed by atoms with Crippen molar-refractivity contribution in [3.63, 3.8) is 0 Å². The number of carbonyl (C=O) groups excluding carboxylic acids is 1. The van der Waals surface area contributed by atoms with Gasteiger partial charge < -0.3 is 4.90 Å². The molecule has 0 aromatic heterocycles. The van der Waals surface area contributed by atoms with Crippen molar-refractivity contribution in [2.45, 2.75) is 0 Å². The molecule has 1 amide bonds. The molecule has 0 radical (unpaired) electrons. The van der Waals surface area contributed by atoms with Gasteiger partial charge in [0.25, 0.3) is 5.91 Å². The summed E-state index contributed by atoms with van der Waals surface area (Å²) in [7, 11) is 0. The minimum absolute atomic E-state index is 0.0716. The van der Waals surface area contributed by atoms with E-state index in [0.717, 1.165) is 3.57 Å². The Hall–Kier alpha value is -1.60. The van der Waals surface area contributed by atoms with Crippen molar-refractivity contribution >= 4 is 28.5 Å². The van der Waals surface area contributed by atoms with E-state index in [-0.39, 0.29) is 19.0 Å². The number of amides is 1. The van der Waals surface area contributed by atoms with Crippen LogP contribution in [-0.2, 0) is 0 Å². The third-order valence-corrected chi connectivity index (χ3v) is 2.55. The molecule has 0 bridgehead atoms. The molecule has 0 fully saturated rings. The standard InChI is InChI=1S/C11H8IN3O/c12-10-3-1-2-9(8-10)11(16)15(6-4-13)7-5-14/h1-3,8H,6-7H2. The minimum Gasteiger partial charge on any atom is -0.312 e. The number of benzene rings is 1. The van der Waals surface area contributed by atoms with Crippen molar-refractivity contribution in [2.24, 2.45) is 0 Å². The minimum atomic E-state index is -0.290. The van der Waals surface area contributed by atoms with Crippen molar-refractivity contribution in [3.8, 4) is 12.1 Å². The van der Waals surface area contributed by atoms with Crippen LogP contribution in [0.5, 0.6) is 0 Å². The molecule has 0 heterocycles. The topological polar surface area (TPSA) is 67.9 Å². The molecule has 1 aromatic carbocycles. The van der Waals surface area contributed by atoms with Crippen molar-refractivity contribution in [3.05, 3.63) is 33.4 Å². The van der Waals surface area contributed by atoms with Gasteiger partial charge in [0, 0.05) is 9.13 Å². The summed E-state index contributed by atoms with van der Waals surface area (Å²) in [5.41, 5.74) is 0.498. The third-order valence-electron chi connectivity index (χ3n) is 1.88. The molecule has 0 saturated carbocycles. The van der Waals surface area contributed by atoms with Gasteiger partial charge in [0.15, 0.2) is 0 Å². The van der Waals surface area contributed by atoms with Crippen LogP contribution in [0.1, 0.15) is 10.4 Å². The molecule has 16 heavy (non-hydrogen) atoms. The van der Waals surface area contributed by atoms with Gasteiger partial charge in [-0.3, -0.25) is 4.79 Å². The van der Waals surface area contributed by atoms with E-state index in [2.05, 4.69) is 22.6 Å². The van der Waals surface area contributed by atoms with Gasteiger partial charge in [0.1, 0.15) is 13.1 Å². The van der Waals surface area contributed by atoms with Crippen LogP contribution in [-0.4, -0.2) is 23.9 Å². The Morgan fingerprint density at radius 1 is 1.31 bits per heavy atom. The summed E-state index contributed by atoms with van der Waals surface area (Å²) in [5, 5.41) is 17.1. The molecule has 0 atom stereocenters. The van der Waals surface area contributed by atoms with Crippen molar-refractivity contribution < 1.29 is 4.79 Å². The second-order valence-electron chi connectivity index (χ2n) is 2.99. The Morgan fingerprint density at radius 3 is 2.44 bits per heavy atom. The predicted octanol–water partition coefficient (Wildman–Crippen LogP) is 1.78. The van der Waals surface area contributed by atoms with Crippen LogP contribution in [0.15, 0.2) is 24.3 Å². The number of hydrogen-bond donors (Lipinski definition) is 0. The largest absolute Gasteiger partial charge is 0.312 e. The molecule has 0 unspecified atom stereocenters. The summed E-state index contributed by atoms with van der Waals surface area (Å²) in [6.45, 7) is -0.143. The number of carbonyl (C=O) groups is 1. The number of halogens is 1. The highest BCUT2D eigenvalue weighted by atomic mass is 127. The van der Waals surface area contributed by atoms with Crippen LogP contribution in [0.25, 0.3) is 0 Å². The zero-order valence-corrected chi connectivity index (χ0v) is 10.5. The Labute approximate surface area is 107 Å². The molecule has 1 aromatic rings. The molecule has 0 aliphatic rings. The van der Waals surface area contributed by atoms with Crippen LogP contribution in [0.2, 0.25) is 0 Å². The van der Waals surface area contributed by atoms with Gasteiger partial charge >= 0.3 is 0 Å². The summed E-state index contributed by atoms with van der Waals surface area (Å²) in [4.78, 5) is 13.1. The predicted molar refractivity (Wildman–Crippen MR) is 66.3 cm³/mol. The maximum Gasteiger partial charge on any atom is 0.255 e. The van der Waals surface area contributed by atoms with Gasteiger partial charge in [-0.1, -0.05) is 6.07 Å². The Morgan fingerprint density at radius 2 is 1.94 bits per heavy atom. The van der Waals surface area contributed by atoms with Gasteiger partial charge in [0.05, 0.1) is 12.1 Å². The van der Waals surface area contributed by atoms with Gasteiger partial charge in [-0.05, 0) is 40.8 Å². The molecule has 0 aliphatic carbocycles. The SMILES string of the molecule is N#CCN(CC#N)C(=O)c1cccc(I)c1. The maximum atomic E-state index is 11.9. The zero-order valence-electron chi connectivity index (χ0n) is 8.35. The molecule has 1 rings (SSSR count). The monoisotopic (exact) mass is 325 g/mol. The first-order chi connectivity index (χ1) is 7.69. The van der Waals surface area contributed by atoms with Crippen LogP contribution >= 0.6 is 22.6 Å². The number of rotatable bonds is 3. The first-order valence-electron chi connectivity index (χ1n) is 4.47. The second kappa shape index (κ2) is 6.09. The summed E-state index contributed by atoms with van der Waals surface area (Å²) >= 11 is 2.10. The fraction of sp³-hybridized carbons (Fsp3) is 0.182. The normalized spacial score (nSPS) is 8.94. The maximum absolute atomic E-state index is 11.9. The van der Waals surface area contributed by atoms with Crippen LogP contribution < -0.4 is 0 Å². The van der Waals surface area contributed by atoms with Gasteiger partial charge in [-0.15, -0.1) is 0 Å². The molecule has 4 nitrogen and oxygen atoms in total.